The first-order valence-electron chi connectivity index (χ1n) is 6.00. The van der Waals surface area contributed by atoms with Gasteiger partial charge in [-0.1, -0.05) is 17.7 Å². The zero-order chi connectivity index (χ0) is 14.7. The fourth-order valence-electron chi connectivity index (χ4n) is 1.88. The highest BCUT2D eigenvalue weighted by molar-refractivity contribution is 5.91. The highest BCUT2D eigenvalue weighted by atomic mass is 16.4. The molecule has 0 radical (unpaired) electrons. The minimum Gasteiger partial charge on any atom is -0.478 e. The summed E-state index contributed by atoms with van der Waals surface area (Å²) >= 11 is 0. The van der Waals surface area contributed by atoms with Crippen molar-refractivity contribution in [1.82, 2.24) is 9.78 Å². The molecule has 0 bridgehead atoms. The van der Waals surface area contributed by atoms with Gasteiger partial charge in [-0.3, -0.25) is 0 Å². The topological polar surface area (TPSA) is 78.9 Å². The van der Waals surface area contributed by atoms with Crippen molar-refractivity contribution in [3.05, 3.63) is 52.9 Å². The fraction of sp³-hybridized carbons (Fsp3) is 0.133. The van der Waals surface area contributed by atoms with Crippen LogP contribution in [0, 0.1) is 11.3 Å². The van der Waals surface area contributed by atoms with Gasteiger partial charge in [-0.05, 0) is 32.1 Å². The summed E-state index contributed by atoms with van der Waals surface area (Å²) in [6.07, 6.45) is 3.04. The number of rotatable bonds is 3. The number of hydrogen-bond acceptors (Lipinski definition) is 3. The molecule has 0 aliphatic carbocycles. The lowest BCUT2D eigenvalue weighted by Crippen LogP contribution is -2.04. The molecule has 0 amide bonds. The molecule has 1 N–H and O–H groups in total. The number of nitriles is 1. The Morgan fingerprint density at radius 3 is 2.70 bits per heavy atom. The zero-order valence-electron chi connectivity index (χ0n) is 11.2. The van der Waals surface area contributed by atoms with Crippen LogP contribution in [0.1, 0.15) is 35.5 Å². The third kappa shape index (κ3) is 2.45. The Morgan fingerprint density at radius 2 is 2.10 bits per heavy atom. The summed E-state index contributed by atoms with van der Waals surface area (Å²) in [5, 5.41) is 22.5. The van der Waals surface area contributed by atoms with Crippen LogP contribution >= 0.6 is 0 Å². The van der Waals surface area contributed by atoms with Crippen molar-refractivity contribution < 1.29 is 9.90 Å². The van der Waals surface area contributed by atoms with E-state index in [0.717, 1.165) is 5.57 Å². The van der Waals surface area contributed by atoms with Gasteiger partial charge in [0.1, 0.15) is 11.6 Å². The molecule has 0 fully saturated rings. The van der Waals surface area contributed by atoms with Crippen LogP contribution in [0.25, 0.3) is 11.8 Å². The van der Waals surface area contributed by atoms with Crippen LogP contribution in [0.2, 0.25) is 0 Å². The molecule has 0 aliphatic rings. The van der Waals surface area contributed by atoms with Gasteiger partial charge in [0.25, 0.3) is 0 Å². The Morgan fingerprint density at radius 1 is 1.40 bits per heavy atom. The molecule has 0 unspecified atom stereocenters. The van der Waals surface area contributed by atoms with Gasteiger partial charge in [-0.25, -0.2) is 9.48 Å². The van der Waals surface area contributed by atoms with Gasteiger partial charge in [0.15, 0.2) is 0 Å². The first kappa shape index (κ1) is 13.6. The Hall–Kier alpha value is -2.87. The number of nitrogens with zero attached hydrogens (tertiary/aromatic N) is 3. The molecule has 1 aromatic carbocycles. The van der Waals surface area contributed by atoms with Crippen LogP contribution in [0.3, 0.4) is 0 Å². The van der Waals surface area contributed by atoms with E-state index >= 15 is 0 Å². The standard InChI is InChI=1S/C15H13N3O2/c1-10(2)7-14-12(15(19)20)9-17-18(14)13-6-4-3-5-11(13)8-16/h3-7,9H,1-2H3,(H,19,20). The third-order valence-corrected chi connectivity index (χ3v) is 2.71. The lowest BCUT2D eigenvalue weighted by atomic mass is 10.1. The molecule has 0 saturated heterocycles. The summed E-state index contributed by atoms with van der Waals surface area (Å²) in [4.78, 5) is 11.3. The average molecular weight is 267 g/mol. The predicted octanol–water partition coefficient (Wildman–Crippen LogP) is 2.87. The lowest BCUT2D eigenvalue weighted by molar-refractivity contribution is 0.0696. The molecule has 0 aliphatic heterocycles. The minimum absolute atomic E-state index is 0.110. The Kier molecular flexibility index (Phi) is 3.67. The van der Waals surface area contributed by atoms with E-state index < -0.39 is 5.97 Å². The maximum atomic E-state index is 11.3. The summed E-state index contributed by atoms with van der Waals surface area (Å²) in [5.41, 5.74) is 2.52. The molecular weight excluding hydrogens is 254 g/mol. The number of allylic oxidation sites excluding steroid dienone is 1. The number of benzene rings is 1. The van der Waals surface area contributed by atoms with Crippen LogP contribution in [0.15, 0.2) is 36.0 Å². The second-order valence-electron chi connectivity index (χ2n) is 4.51. The average Bonchev–Trinajstić information content (AvgIpc) is 2.81. The molecule has 1 aromatic heterocycles. The van der Waals surface area contributed by atoms with Crippen molar-refractivity contribution in [3.8, 4) is 11.8 Å². The van der Waals surface area contributed by atoms with Crippen molar-refractivity contribution in [2.45, 2.75) is 13.8 Å². The van der Waals surface area contributed by atoms with Gasteiger partial charge in [0.2, 0.25) is 0 Å². The summed E-state index contributed by atoms with van der Waals surface area (Å²) in [6.45, 7) is 3.75. The molecule has 5 nitrogen and oxygen atoms in total. The van der Waals surface area contributed by atoms with E-state index in [0.29, 0.717) is 16.9 Å². The summed E-state index contributed by atoms with van der Waals surface area (Å²) in [5.74, 6) is -1.04. The highest BCUT2D eigenvalue weighted by Crippen LogP contribution is 2.20. The Bertz CT molecular complexity index is 732. The zero-order valence-corrected chi connectivity index (χ0v) is 11.2. The van der Waals surface area contributed by atoms with Crippen molar-refractivity contribution in [1.29, 1.82) is 5.26 Å². The monoisotopic (exact) mass is 267 g/mol. The van der Waals surface area contributed by atoms with E-state index in [-0.39, 0.29) is 5.56 Å². The maximum absolute atomic E-state index is 11.3. The molecular formula is C15H13N3O2. The Labute approximate surface area is 116 Å². The number of carboxylic acid groups (broad SMARTS) is 1. The lowest BCUT2D eigenvalue weighted by Gasteiger charge is -2.07. The smallest absolute Gasteiger partial charge is 0.339 e. The van der Waals surface area contributed by atoms with E-state index in [1.807, 2.05) is 13.8 Å². The second kappa shape index (κ2) is 5.41. The molecule has 5 heteroatoms. The molecule has 0 spiro atoms. The van der Waals surface area contributed by atoms with Crippen LogP contribution < -0.4 is 0 Å². The molecule has 2 aromatic rings. The SMILES string of the molecule is CC(C)=Cc1c(C(=O)O)cnn1-c1ccccc1C#N. The van der Waals surface area contributed by atoms with E-state index in [2.05, 4.69) is 11.2 Å². The minimum atomic E-state index is -1.04. The van der Waals surface area contributed by atoms with E-state index in [4.69, 9.17) is 5.26 Å². The van der Waals surface area contributed by atoms with Crippen LogP contribution in [-0.4, -0.2) is 20.9 Å². The van der Waals surface area contributed by atoms with Crippen molar-refractivity contribution in [3.63, 3.8) is 0 Å². The number of carboxylic acids is 1. The first-order valence-corrected chi connectivity index (χ1v) is 6.00. The maximum Gasteiger partial charge on any atom is 0.339 e. The third-order valence-electron chi connectivity index (χ3n) is 2.71. The van der Waals surface area contributed by atoms with Gasteiger partial charge in [0.05, 0.1) is 23.1 Å². The summed E-state index contributed by atoms with van der Waals surface area (Å²) in [6, 6.07) is 9.03. The molecule has 0 atom stereocenters. The molecule has 100 valence electrons. The summed E-state index contributed by atoms with van der Waals surface area (Å²) in [7, 11) is 0. The molecule has 20 heavy (non-hydrogen) atoms. The van der Waals surface area contributed by atoms with Gasteiger partial charge in [-0.2, -0.15) is 10.4 Å². The van der Waals surface area contributed by atoms with Gasteiger partial charge >= 0.3 is 5.97 Å². The fourth-order valence-corrected chi connectivity index (χ4v) is 1.88. The van der Waals surface area contributed by atoms with Crippen LogP contribution in [0.5, 0.6) is 0 Å². The largest absolute Gasteiger partial charge is 0.478 e. The molecule has 2 rings (SSSR count). The van der Waals surface area contributed by atoms with Gasteiger partial charge < -0.3 is 5.11 Å². The van der Waals surface area contributed by atoms with Crippen LogP contribution in [0.4, 0.5) is 0 Å². The van der Waals surface area contributed by atoms with Crippen molar-refractivity contribution >= 4 is 12.0 Å². The number of aromatic carboxylic acids is 1. The van der Waals surface area contributed by atoms with E-state index in [1.54, 1.807) is 30.3 Å². The quantitative estimate of drug-likeness (QED) is 0.927. The molecule has 0 saturated carbocycles. The predicted molar refractivity (Wildman–Crippen MR) is 74.6 cm³/mol. The molecule has 1 heterocycles. The number of hydrogen-bond donors (Lipinski definition) is 1. The van der Waals surface area contributed by atoms with Crippen LogP contribution in [-0.2, 0) is 0 Å². The number of carbonyl (C=O) groups is 1. The first-order chi connectivity index (χ1) is 9.54. The number of aromatic nitrogens is 2. The second-order valence-corrected chi connectivity index (χ2v) is 4.51. The van der Waals surface area contributed by atoms with Crippen molar-refractivity contribution in [2.24, 2.45) is 0 Å². The normalized spacial score (nSPS) is 9.85. The van der Waals surface area contributed by atoms with Crippen molar-refractivity contribution in [2.75, 3.05) is 0 Å². The van der Waals surface area contributed by atoms with Gasteiger partial charge in [-0.15, -0.1) is 0 Å². The van der Waals surface area contributed by atoms with E-state index in [1.165, 1.54) is 10.9 Å². The Balaban J connectivity index is 2.73. The summed E-state index contributed by atoms with van der Waals surface area (Å²) < 4.78 is 1.48. The highest BCUT2D eigenvalue weighted by Gasteiger charge is 2.17. The van der Waals surface area contributed by atoms with E-state index in [9.17, 15) is 9.90 Å². The number of para-hydroxylation sites is 1. The van der Waals surface area contributed by atoms with Gasteiger partial charge in [0, 0.05) is 0 Å².